The van der Waals surface area contributed by atoms with Crippen molar-refractivity contribution < 1.29 is 0 Å². The van der Waals surface area contributed by atoms with Gasteiger partial charge in [-0.25, -0.2) is 0 Å². The lowest BCUT2D eigenvalue weighted by molar-refractivity contribution is 0.250. The third kappa shape index (κ3) is 14.3. The Bertz CT molecular complexity index is 183. The fourth-order valence-corrected chi connectivity index (χ4v) is 2.29. The maximum absolute atomic E-state index is 5.86. The molecule has 6 N–H and O–H groups in total. The highest BCUT2D eigenvalue weighted by Crippen LogP contribution is 2.07. The van der Waals surface area contributed by atoms with Gasteiger partial charge in [-0.1, -0.05) is 25.7 Å². The number of unbranched alkanes of at least 4 members (excludes halogenated alkanes) is 5. The van der Waals surface area contributed by atoms with Crippen molar-refractivity contribution in [2.75, 3.05) is 26.2 Å². The van der Waals surface area contributed by atoms with Crippen LogP contribution in [0.5, 0.6) is 0 Å². The topological polar surface area (TPSA) is 81.3 Å². The van der Waals surface area contributed by atoms with Gasteiger partial charge in [-0.05, 0) is 65.7 Å². The molecule has 0 aliphatic rings. The predicted octanol–water partition coefficient (Wildman–Crippen LogP) is 2.06. The van der Waals surface area contributed by atoms with E-state index in [4.69, 9.17) is 17.2 Å². The molecule has 0 amide bonds. The highest BCUT2D eigenvalue weighted by molar-refractivity contribution is 4.65. The molecule has 0 aromatic carbocycles. The van der Waals surface area contributed by atoms with Gasteiger partial charge < -0.3 is 22.1 Å². The van der Waals surface area contributed by atoms with Gasteiger partial charge in [-0.2, -0.15) is 0 Å². The standard InChI is InChI=1S/C16H38N4/c1-15(18)9-13-20(14-10-16(2)19)12-8-6-4-3-5-7-11-17/h15-16H,3-14,17-19H2,1-2H3. The van der Waals surface area contributed by atoms with Crippen molar-refractivity contribution in [2.24, 2.45) is 17.2 Å². The third-order valence-corrected chi connectivity index (χ3v) is 3.73. The molecule has 0 aliphatic carbocycles. The molecule has 0 spiro atoms. The van der Waals surface area contributed by atoms with E-state index >= 15 is 0 Å². The SMILES string of the molecule is CC(N)CCN(CCCCCCCCN)CCC(C)N. The Balaban J connectivity index is 3.67. The molecule has 0 bridgehead atoms. The molecule has 2 atom stereocenters. The summed E-state index contributed by atoms with van der Waals surface area (Å²) in [4.78, 5) is 2.53. The van der Waals surface area contributed by atoms with Gasteiger partial charge in [0.15, 0.2) is 0 Å². The van der Waals surface area contributed by atoms with E-state index in [-0.39, 0.29) is 0 Å². The zero-order valence-electron chi connectivity index (χ0n) is 13.8. The first-order valence-electron chi connectivity index (χ1n) is 8.49. The first kappa shape index (κ1) is 19.8. The van der Waals surface area contributed by atoms with Crippen LogP contribution in [-0.4, -0.2) is 43.2 Å². The molecule has 0 saturated heterocycles. The third-order valence-electron chi connectivity index (χ3n) is 3.73. The number of rotatable bonds is 14. The maximum Gasteiger partial charge on any atom is 0.00226 e. The molecule has 0 aliphatic heterocycles. The molecule has 0 aromatic heterocycles. The Morgan fingerprint density at radius 1 is 0.700 bits per heavy atom. The quantitative estimate of drug-likeness (QED) is 0.427. The van der Waals surface area contributed by atoms with Gasteiger partial charge in [-0.3, -0.25) is 0 Å². The number of hydrogen-bond donors (Lipinski definition) is 3. The van der Waals surface area contributed by atoms with E-state index in [1.165, 1.54) is 45.1 Å². The average molecular weight is 287 g/mol. The summed E-state index contributed by atoms with van der Waals surface area (Å²) < 4.78 is 0. The molecular weight excluding hydrogens is 248 g/mol. The fourth-order valence-electron chi connectivity index (χ4n) is 2.29. The molecule has 0 radical (unpaired) electrons. The summed E-state index contributed by atoms with van der Waals surface area (Å²) in [5.41, 5.74) is 17.2. The lowest BCUT2D eigenvalue weighted by Gasteiger charge is -2.24. The van der Waals surface area contributed by atoms with Crippen LogP contribution in [0.25, 0.3) is 0 Å². The average Bonchev–Trinajstić information content (AvgIpc) is 2.39. The van der Waals surface area contributed by atoms with Crippen LogP contribution >= 0.6 is 0 Å². The summed E-state index contributed by atoms with van der Waals surface area (Å²) in [6, 6.07) is 0.591. The van der Waals surface area contributed by atoms with Gasteiger partial charge in [0, 0.05) is 12.1 Å². The lowest BCUT2D eigenvalue weighted by atomic mass is 10.1. The van der Waals surface area contributed by atoms with Gasteiger partial charge in [0.2, 0.25) is 0 Å². The first-order valence-corrected chi connectivity index (χ1v) is 8.49. The second kappa shape index (κ2) is 13.8. The molecule has 4 nitrogen and oxygen atoms in total. The van der Waals surface area contributed by atoms with Crippen LogP contribution < -0.4 is 17.2 Å². The molecule has 2 unspecified atom stereocenters. The van der Waals surface area contributed by atoms with E-state index in [2.05, 4.69) is 18.7 Å². The van der Waals surface area contributed by atoms with Crippen LogP contribution in [0.4, 0.5) is 0 Å². The molecule has 20 heavy (non-hydrogen) atoms. The number of hydrogen-bond acceptors (Lipinski definition) is 4. The Morgan fingerprint density at radius 2 is 1.15 bits per heavy atom. The van der Waals surface area contributed by atoms with Crippen molar-refractivity contribution >= 4 is 0 Å². The van der Waals surface area contributed by atoms with E-state index in [0.717, 1.165) is 32.5 Å². The minimum absolute atomic E-state index is 0.295. The maximum atomic E-state index is 5.86. The Kier molecular flexibility index (Phi) is 13.7. The molecule has 4 heteroatoms. The summed E-state index contributed by atoms with van der Waals surface area (Å²) in [6.45, 7) is 8.41. The summed E-state index contributed by atoms with van der Waals surface area (Å²) in [5.74, 6) is 0. The molecule has 122 valence electrons. The summed E-state index contributed by atoms with van der Waals surface area (Å²) in [5, 5.41) is 0. The van der Waals surface area contributed by atoms with E-state index in [1.54, 1.807) is 0 Å². The Morgan fingerprint density at radius 3 is 1.60 bits per heavy atom. The summed E-state index contributed by atoms with van der Waals surface area (Å²) in [6.07, 6.45) is 9.92. The second-order valence-corrected chi connectivity index (χ2v) is 6.28. The molecule has 0 heterocycles. The predicted molar refractivity (Wildman–Crippen MR) is 89.7 cm³/mol. The minimum Gasteiger partial charge on any atom is -0.330 e. The highest BCUT2D eigenvalue weighted by Gasteiger charge is 2.07. The monoisotopic (exact) mass is 286 g/mol. The van der Waals surface area contributed by atoms with Crippen molar-refractivity contribution in [1.82, 2.24) is 4.90 Å². The zero-order valence-corrected chi connectivity index (χ0v) is 13.8. The fraction of sp³-hybridized carbons (Fsp3) is 1.00. The van der Waals surface area contributed by atoms with Crippen LogP contribution in [0, 0.1) is 0 Å². The van der Waals surface area contributed by atoms with E-state index in [1.807, 2.05) is 0 Å². The number of nitrogens with two attached hydrogens (primary N) is 3. The normalized spacial score (nSPS) is 14.7. The largest absolute Gasteiger partial charge is 0.330 e. The Hall–Kier alpha value is -0.160. The van der Waals surface area contributed by atoms with Crippen molar-refractivity contribution in [1.29, 1.82) is 0 Å². The van der Waals surface area contributed by atoms with Gasteiger partial charge in [0.05, 0.1) is 0 Å². The Labute approximate surface area is 126 Å². The molecular formula is C16H38N4. The molecule has 0 fully saturated rings. The van der Waals surface area contributed by atoms with Crippen LogP contribution in [0.3, 0.4) is 0 Å². The molecule has 0 saturated carbocycles. The summed E-state index contributed by atoms with van der Waals surface area (Å²) in [7, 11) is 0. The van der Waals surface area contributed by atoms with Crippen LogP contribution in [0.2, 0.25) is 0 Å². The van der Waals surface area contributed by atoms with Gasteiger partial charge >= 0.3 is 0 Å². The minimum atomic E-state index is 0.295. The van der Waals surface area contributed by atoms with Crippen LogP contribution in [0.15, 0.2) is 0 Å². The van der Waals surface area contributed by atoms with Gasteiger partial charge in [-0.15, -0.1) is 0 Å². The van der Waals surface area contributed by atoms with E-state index in [9.17, 15) is 0 Å². The smallest absolute Gasteiger partial charge is 0.00226 e. The van der Waals surface area contributed by atoms with Gasteiger partial charge in [0.25, 0.3) is 0 Å². The van der Waals surface area contributed by atoms with Crippen LogP contribution in [-0.2, 0) is 0 Å². The van der Waals surface area contributed by atoms with E-state index < -0.39 is 0 Å². The van der Waals surface area contributed by atoms with Gasteiger partial charge in [0.1, 0.15) is 0 Å². The zero-order chi connectivity index (χ0) is 15.2. The van der Waals surface area contributed by atoms with Crippen molar-refractivity contribution in [3.8, 4) is 0 Å². The highest BCUT2D eigenvalue weighted by atomic mass is 15.1. The van der Waals surface area contributed by atoms with E-state index in [0.29, 0.717) is 12.1 Å². The van der Waals surface area contributed by atoms with Crippen LogP contribution in [0.1, 0.15) is 65.2 Å². The first-order chi connectivity index (χ1) is 9.56. The second-order valence-electron chi connectivity index (χ2n) is 6.28. The molecule has 0 rings (SSSR count). The van der Waals surface area contributed by atoms with Crippen molar-refractivity contribution in [3.63, 3.8) is 0 Å². The summed E-state index contributed by atoms with van der Waals surface area (Å²) >= 11 is 0. The number of nitrogens with zero attached hydrogens (tertiary/aromatic N) is 1. The lowest BCUT2D eigenvalue weighted by Crippen LogP contribution is -2.33. The van der Waals surface area contributed by atoms with Crippen molar-refractivity contribution in [3.05, 3.63) is 0 Å². The van der Waals surface area contributed by atoms with Crippen molar-refractivity contribution in [2.45, 2.75) is 77.3 Å². The molecule has 0 aromatic rings.